The summed E-state index contributed by atoms with van der Waals surface area (Å²) in [7, 11) is 0. The summed E-state index contributed by atoms with van der Waals surface area (Å²) in [6.07, 6.45) is 0.789. The van der Waals surface area contributed by atoms with E-state index in [4.69, 9.17) is 15.7 Å². The van der Waals surface area contributed by atoms with Gasteiger partial charge in [-0.25, -0.2) is 0 Å². The molecule has 2 atom stereocenters. The standard InChI is InChI=1S/C6H10N2O/c7-3-5-1-2-9-4-6(5)8/h5-6H,1-2,4,8H2/t5-,6+/m1/s1. The van der Waals surface area contributed by atoms with E-state index in [9.17, 15) is 0 Å². The topological polar surface area (TPSA) is 59.0 Å². The summed E-state index contributed by atoms with van der Waals surface area (Å²) in [6, 6.07) is 2.08. The molecular formula is C6H10N2O. The zero-order valence-corrected chi connectivity index (χ0v) is 5.21. The molecule has 0 aromatic carbocycles. The molecule has 1 rings (SSSR count). The van der Waals surface area contributed by atoms with E-state index in [2.05, 4.69) is 6.07 Å². The van der Waals surface area contributed by atoms with Gasteiger partial charge in [-0.2, -0.15) is 5.26 Å². The molecule has 1 aliphatic heterocycles. The van der Waals surface area contributed by atoms with Gasteiger partial charge in [0.25, 0.3) is 0 Å². The van der Waals surface area contributed by atoms with Crippen LogP contribution in [-0.2, 0) is 4.74 Å². The Hall–Kier alpha value is -0.590. The molecule has 0 amide bonds. The van der Waals surface area contributed by atoms with Crippen LogP contribution in [0.1, 0.15) is 6.42 Å². The van der Waals surface area contributed by atoms with Crippen molar-refractivity contribution in [1.29, 1.82) is 5.26 Å². The largest absolute Gasteiger partial charge is 0.380 e. The average molecular weight is 126 g/mol. The molecule has 0 aromatic heterocycles. The van der Waals surface area contributed by atoms with Gasteiger partial charge in [0.15, 0.2) is 0 Å². The summed E-state index contributed by atoms with van der Waals surface area (Å²) in [5.74, 6) is 0.0127. The van der Waals surface area contributed by atoms with Gasteiger partial charge >= 0.3 is 0 Å². The lowest BCUT2D eigenvalue weighted by molar-refractivity contribution is 0.0640. The van der Waals surface area contributed by atoms with Crippen LogP contribution in [0.4, 0.5) is 0 Å². The Bertz CT molecular complexity index is 130. The molecule has 1 saturated heterocycles. The van der Waals surface area contributed by atoms with Gasteiger partial charge in [-0.15, -0.1) is 0 Å². The van der Waals surface area contributed by atoms with E-state index in [0.717, 1.165) is 6.42 Å². The summed E-state index contributed by atoms with van der Waals surface area (Å²) >= 11 is 0. The van der Waals surface area contributed by atoms with Crippen LogP contribution in [0.2, 0.25) is 0 Å². The second-order valence-corrected chi connectivity index (χ2v) is 2.26. The zero-order chi connectivity index (χ0) is 6.69. The van der Waals surface area contributed by atoms with Crippen LogP contribution in [0.25, 0.3) is 0 Å². The summed E-state index contributed by atoms with van der Waals surface area (Å²) in [5.41, 5.74) is 5.54. The maximum absolute atomic E-state index is 8.48. The van der Waals surface area contributed by atoms with Crippen molar-refractivity contribution in [2.75, 3.05) is 13.2 Å². The number of nitrogens with zero attached hydrogens (tertiary/aromatic N) is 1. The van der Waals surface area contributed by atoms with E-state index in [-0.39, 0.29) is 12.0 Å². The van der Waals surface area contributed by atoms with Crippen LogP contribution in [0, 0.1) is 17.2 Å². The number of hydrogen-bond acceptors (Lipinski definition) is 3. The average Bonchev–Trinajstić information content (AvgIpc) is 1.89. The summed E-state index contributed by atoms with van der Waals surface area (Å²) < 4.78 is 5.04. The van der Waals surface area contributed by atoms with Crippen molar-refractivity contribution in [3.05, 3.63) is 0 Å². The molecule has 0 spiro atoms. The third-order valence-corrected chi connectivity index (χ3v) is 1.57. The SMILES string of the molecule is N#C[C@H]1CCOC[C@@H]1N. The molecule has 3 nitrogen and oxygen atoms in total. The molecule has 9 heavy (non-hydrogen) atoms. The van der Waals surface area contributed by atoms with E-state index in [1.165, 1.54) is 0 Å². The molecule has 1 fully saturated rings. The van der Waals surface area contributed by atoms with Crippen molar-refractivity contribution >= 4 is 0 Å². The highest BCUT2D eigenvalue weighted by Crippen LogP contribution is 2.11. The van der Waals surface area contributed by atoms with Gasteiger partial charge in [0, 0.05) is 12.6 Å². The number of rotatable bonds is 0. The van der Waals surface area contributed by atoms with Gasteiger partial charge in [-0.1, -0.05) is 0 Å². The molecule has 1 heterocycles. The normalized spacial score (nSPS) is 35.6. The fraction of sp³-hybridized carbons (Fsp3) is 0.833. The van der Waals surface area contributed by atoms with Crippen LogP contribution in [0.15, 0.2) is 0 Å². The monoisotopic (exact) mass is 126 g/mol. The molecule has 0 radical (unpaired) electrons. The Balaban J connectivity index is 2.41. The quantitative estimate of drug-likeness (QED) is 0.492. The zero-order valence-electron chi connectivity index (χ0n) is 5.21. The van der Waals surface area contributed by atoms with Crippen LogP contribution in [0.5, 0.6) is 0 Å². The minimum atomic E-state index is -0.0660. The Labute approximate surface area is 54.4 Å². The van der Waals surface area contributed by atoms with Crippen molar-refractivity contribution < 1.29 is 4.74 Å². The van der Waals surface area contributed by atoms with Gasteiger partial charge in [-0.05, 0) is 6.42 Å². The first kappa shape index (κ1) is 6.53. The van der Waals surface area contributed by atoms with Gasteiger partial charge < -0.3 is 10.5 Å². The van der Waals surface area contributed by atoms with E-state index in [1.54, 1.807) is 0 Å². The number of hydrogen-bond donors (Lipinski definition) is 1. The lowest BCUT2D eigenvalue weighted by Crippen LogP contribution is -2.38. The minimum absolute atomic E-state index is 0.0127. The Morgan fingerprint density at radius 1 is 1.67 bits per heavy atom. The molecule has 0 bridgehead atoms. The second kappa shape index (κ2) is 2.81. The van der Waals surface area contributed by atoms with Gasteiger partial charge in [0.05, 0.1) is 18.6 Å². The summed E-state index contributed by atoms with van der Waals surface area (Å²) in [6.45, 7) is 1.23. The number of nitriles is 1. The first-order valence-corrected chi connectivity index (χ1v) is 3.07. The third kappa shape index (κ3) is 1.41. The molecule has 0 aromatic rings. The van der Waals surface area contributed by atoms with E-state index < -0.39 is 0 Å². The number of ether oxygens (including phenoxy) is 1. The Morgan fingerprint density at radius 2 is 2.44 bits per heavy atom. The first-order chi connectivity index (χ1) is 4.34. The highest BCUT2D eigenvalue weighted by molar-refractivity contribution is 4.92. The second-order valence-electron chi connectivity index (χ2n) is 2.26. The predicted molar refractivity (Wildman–Crippen MR) is 32.5 cm³/mol. The molecule has 1 aliphatic rings. The van der Waals surface area contributed by atoms with E-state index >= 15 is 0 Å². The molecule has 3 heteroatoms. The van der Waals surface area contributed by atoms with Crippen molar-refractivity contribution in [3.8, 4) is 6.07 Å². The van der Waals surface area contributed by atoms with Crippen molar-refractivity contribution in [1.82, 2.24) is 0 Å². The van der Waals surface area contributed by atoms with Gasteiger partial charge in [0.2, 0.25) is 0 Å². The van der Waals surface area contributed by atoms with Crippen LogP contribution in [-0.4, -0.2) is 19.3 Å². The van der Waals surface area contributed by atoms with E-state index in [1.807, 2.05) is 0 Å². The molecule has 0 aliphatic carbocycles. The molecule has 0 unspecified atom stereocenters. The fourth-order valence-corrected chi connectivity index (χ4v) is 0.920. The van der Waals surface area contributed by atoms with Crippen LogP contribution >= 0.6 is 0 Å². The highest BCUT2D eigenvalue weighted by atomic mass is 16.5. The van der Waals surface area contributed by atoms with Gasteiger partial charge in [-0.3, -0.25) is 0 Å². The van der Waals surface area contributed by atoms with Crippen LogP contribution in [0.3, 0.4) is 0 Å². The number of nitrogens with two attached hydrogens (primary N) is 1. The third-order valence-electron chi connectivity index (χ3n) is 1.57. The molecule has 50 valence electrons. The predicted octanol–water partition coefficient (Wildman–Crippen LogP) is -0.126. The Morgan fingerprint density at radius 3 is 2.89 bits per heavy atom. The molecular weight excluding hydrogens is 116 g/mol. The van der Waals surface area contributed by atoms with Crippen LogP contribution < -0.4 is 5.73 Å². The fourth-order valence-electron chi connectivity index (χ4n) is 0.920. The van der Waals surface area contributed by atoms with Crippen molar-refractivity contribution in [2.45, 2.75) is 12.5 Å². The molecule has 2 N–H and O–H groups in total. The minimum Gasteiger partial charge on any atom is -0.380 e. The summed E-state index contributed by atoms with van der Waals surface area (Å²) in [4.78, 5) is 0. The lowest BCUT2D eigenvalue weighted by Gasteiger charge is -2.22. The first-order valence-electron chi connectivity index (χ1n) is 3.07. The molecule has 0 saturated carbocycles. The van der Waals surface area contributed by atoms with E-state index in [0.29, 0.717) is 13.2 Å². The van der Waals surface area contributed by atoms with Crippen molar-refractivity contribution in [2.24, 2.45) is 11.7 Å². The highest BCUT2D eigenvalue weighted by Gasteiger charge is 2.21. The smallest absolute Gasteiger partial charge is 0.0673 e. The van der Waals surface area contributed by atoms with Gasteiger partial charge in [0.1, 0.15) is 0 Å². The lowest BCUT2D eigenvalue weighted by atomic mass is 9.98. The Kier molecular flexibility index (Phi) is 2.04. The van der Waals surface area contributed by atoms with Crippen molar-refractivity contribution in [3.63, 3.8) is 0 Å². The maximum Gasteiger partial charge on any atom is 0.0673 e. The summed E-state index contributed by atoms with van der Waals surface area (Å²) in [5, 5.41) is 8.48. The maximum atomic E-state index is 8.48.